The van der Waals surface area contributed by atoms with Gasteiger partial charge in [0.15, 0.2) is 5.69 Å². The third kappa shape index (κ3) is 4.08. The van der Waals surface area contributed by atoms with Gasteiger partial charge in [-0.15, -0.1) is 0 Å². The molecule has 0 radical (unpaired) electrons. The lowest BCUT2D eigenvalue weighted by atomic mass is 9.78. The lowest BCUT2D eigenvalue weighted by Gasteiger charge is -2.28. The summed E-state index contributed by atoms with van der Waals surface area (Å²) < 4.78 is 14.9. The number of carboxylic acid groups (broad SMARTS) is 1. The van der Waals surface area contributed by atoms with Gasteiger partial charge in [-0.3, -0.25) is 0 Å². The number of aromatic nitrogens is 2. The first-order valence-electron chi connectivity index (χ1n) is 9.76. The first-order chi connectivity index (χ1) is 13.8. The molecule has 0 aliphatic heterocycles. The molecule has 5 nitrogen and oxygen atoms in total. The van der Waals surface area contributed by atoms with Crippen LogP contribution in [0.5, 0.6) is 5.75 Å². The molecule has 0 atom stereocenters. The fourth-order valence-electron chi connectivity index (χ4n) is 3.40. The summed E-state index contributed by atoms with van der Waals surface area (Å²) >= 11 is 0. The molecule has 0 saturated heterocycles. The summed E-state index contributed by atoms with van der Waals surface area (Å²) in [5.74, 6) is -1.30. The van der Waals surface area contributed by atoms with E-state index < -0.39 is 5.97 Å². The van der Waals surface area contributed by atoms with Crippen molar-refractivity contribution >= 4 is 5.97 Å². The molecule has 1 heterocycles. The third-order valence-electron chi connectivity index (χ3n) is 5.02. The van der Waals surface area contributed by atoms with E-state index in [2.05, 4.69) is 5.10 Å². The molecule has 6 heteroatoms. The Hall–Kier alpha value is -3.15. The molecule has 1 aromatic heterocycles. The molecule has 0 unspecified atom stereocenters. The lowest BCUT2D eigenvalue weighted by molar-refractivity contribution is 0.0690. The van der Waals surface area contributed by atoms with Crippen LogP contribution in [0.2, 0.25) is 0 Å². The quantitative estimate of drug-likeness (QED) is 0.583. The smallest absolute Gasteiger partial charge is 0.356 e. The van der Waals surface area contributed by atoms with Crippen LogP contribution in [-0.2, 0) is 10.8 Å². The Kier molecular flexibility index (Phi) is 5.23. The lowest BCUT2D eigenvalue weighted by Crippen LogP contribution is -2.17. The molecule has 3 rings (SSSR count). The Morgan fingerprint density at radius 3 is 1.87 bits per heavy atom. The topological polar surface area (TPSA) is 75.3 Å². The fourth-order valence-corrected chi connectivity index (χ4v) is 3.40. The maximum Gasteiger partial charge on any atom is 0.356 e. The number of hydrogen-bond acceptors (Lipinski definition) is 3. The van der Waals surface area contributed by atoms with Crippen LogP contribution in [0.15, 0.2) is 42.5 Å². The first kappa shape index (κ1) is 21.6. The molecular weight excluding hydrogens is 383 g/mol. The van der Waals surface area contributed by atoms with Crippen LogP contribution in [0, 0.1) is 5.82 Å². The average molecular weight is 410 g/mol. The minimum atomic E-state index is -1.15. The number of carboxylic acids is 1. The number of benzene rings is 2. The van der Waals surface area contributed by atoms with Crippen molar-refractivity contribution in [2.45, 2.75) is 52.4 Å². The second-order valence-corrected chi connectivity index (χ2v) is 9.53. The van der Waals surface area contributed by atoms with Gasteiger partial charge >= 0.3 is 5.97 Å². The van der Waals surface area contributed by atoms with E-state index >= 15 is 0 Å². The Labute approximate surface area is 175 Å². The monoisotopic (exact) mass is 410 g/mol. The van der Waals surface area contributed by atoms with E-state index in [0.29, 0.717) is 11.4 Å². The zero-order valence-corrected chi connectivity index (χ0v) is 18.1. The summed E-state index contributed by atoms with van der Waals surface area (Å²) in [5.41, 5.74) is 2.55. The van der Waals surface area contributed by atoms with E-state index in [1.54, 1.807) is 12.1 Å². The predicted octanol–water partition coefficient (Wildman–Crippen LogP) is 5.68. The highest BCUT2D eigenvalue weighted by Crippen LogP contribution is 2.42. The van der Waals surface area contributed by atoms with E-state index in [0.717, 1.165) is 16.7 Å². The van der Waals surface area contributed by atoms with Gasteiger partial charge in [-0.05, 0) is 53.3 Å². The number of halogens is 1. The van der Waals surface area contributed by atoms with Crippen LogP contribution in [0.3, 0.4) is 0 Å². The minimum Gasteiger partial charge on any atom is -0.507 e. The van der Waals surface area contributed by atoms with Gasteiger partial charge in [0.1, 0.15) is 11.6 Å². The third-order valence-corrected chi connectivity index (χ3v) is 5.02. The van der Waals surface area contributed by atoms with E-state index in [9.17, 15) is 19.4 Å². The number of nitrogens with zero attached hydrogens (tertiary/aromatic N) is 2. The van der Waals surface area contributed by atoms with Crippen molar-refractivity contribution in [2.75, 3.05) is 0 Å². The van der Waals surface area contributed by atoms with Crippen molar-refractivity contribution in [2.24, 2.45) is 0 Å². The molecular formula is C24H27FN2O3. The second-order valence-electron chi connectivity index (χ2n) is 9.53. The molecule has 2 N–H and O–H groups in total. The molecule has 0 aliphatic rings. The first-order valence-corrected chi connectivity index (χ1v) is 9.76. The summed E-state index contributed by atoms with van der Waals surface area (Å²) in [4.78, 5) is 11.6. The molecule has 0 aliphatic carbocycles. The van der Waals surface area contributed by atoms with Gasteiger partial charge in [-0.1, -0.05) is 41.5 Å². The van der Waals surface area contributed by atoms with Crippen molar-refractivity contribution in [3.63, 3.8) is 0 Å². The van der Waals surface area contributed by atoms with Crippen molar-refractivity contribution < 1.29 is 19.4 Å². The number of phenolic OH excluding ortho intramolecular Hbond substituents is 1. The number of phenols is 1. The van der Waals surface area contributed by atoms with Gasteiger partial charge in [0.25, 0.3) is 0 Å². The van der Waals surface area contributed by atoms with Gasteiger partial charge in [0.05, 0.1) is 11.4 Å². The zero-order valence-electron chi connectivity index (χ0n) is 18.1. The van der Waals surface area contributed by atoms with Gasteiger partial charge in [-0.2, -0.15) is 5.10 Å². The summed E-state index contributed by atoms with van der Waals surface area (Å²) in [5, 5.41) is 24.7. The maximum absolute atomic E-state index is 13.4. The second kappa shape index (κ2) is 7.27. The van der Waals surface area contributed by atoms with Crippen molar-refractivity contribution in [1.82, 2.24) is 9.78 Å². The van der Waals surface area contributed by atoms with Crippen LogP contribution in [0.25, 0.3) is 16.9 Å². The molecule has 0 saturated carbocycles. The van der Waals surface area contributed by atoms with E-state index in [4.69, 9.17) is 0 Å². The Morgan fingerprint density at radius 1 is 0.933 bits per heavy atom. The van der Waals surface area contributed by atoms with Crippen LogP contribution >= 0.6 is 0 Å². The van der Waals surface area contributed by atoms with Gasteiger partial charge in [0.2, 0.25) is 0 Å². The molecule has 30 heavy (non-hydrogen) atoms. The Balaban J connectivity index is 2.34. The number of rotatable bonds is 3. The summed E-state index contributed by atoms with van der Waals surface area (Å²) in [6.07, 6.45) is 0. The van der Waals surface area contributed by atoms with E-state index in [-0.39, 0.29) is 28.1 Å². The van der Waals surface area contributed by atoms with Crippen molar-refractivity contribution in [3.05, 3.63) is 65.1 Å². The van der Waals surface area contributed by atoms with E-state index in [1.807, 2.05) is 53.7 Å². The highest BCUT2D eigenvalue weighted by molar-refractivity contribution is 5.87. The standard InChI is InChI=1S/C24H27FN2O3/c1-23(2,3)17-11-14(12-18(21(17)28)24(4,5)6)20-13-19(22(29)30)26-27(20)16-9-7-15(25)8-10-16/h7-13,28H,1-6H3,(H,29,30). The van der Waals surface area contributed by atoms with E-state index in [1.165, 1.54) is 22.9 Å². The molecule has 0 spiro atoms. The molecule has 0 fully saturated rings. The highest BCUT2D eigenvalue weighted by Gasteiger charge is 2.28. The normalized spacial score (nSPS) is 12.2. The SMILES string of the molecule is CC(C)(C)c1cc(-c2cc(C(=O)O)nn2-c2ccc(F)cc2)cc(C(C)(C)C)c1O. The summed E-state index contributed by atoms with van der Waals surface area (Å²) in [6.45, 7) is 12.1. The molecule has 2 aromatic carbocycles. The number of aromatic hydroxyl groups is 1. The fraction of sp³-hybridized carbons (Fsp3) is 0.333. The minimum absolute atomic E-state index is 0.114. The van der Waals surface area contributed by atoms with Crippen LogP contribution < -0.4 is 0 Å². The number of hydrogen-bond donors (Lipinski definition) is 2. The maximum atomic E-state index is 13.4. The zero-order chi connectivity index (χ0) is 22.4. The average Bonchev–Trinajstić information content (AvgIpc) is 3.06. The van der Waals surface area contributed by atoms with Gasteiger partial charge in [0, 0.05) is 16.7 Å². The van der Waals surface area contributed by atoms with Crippen molar-refractivity contribution in [1.29, 1.82) is 0 Å². The Bertz CT molecular complexity index is 1070. The predicted molar refractivity (Wildman–Crippen MR) is 115 cm³/mol. The van der Waals surface area contributed by atoms with Crippen LogP contribution in [0.1, 0.15) is 63.2 Å². The van der Waals surface area contributed by atoms with Gasteiger partial charge in [-0.25, -0.2) is 13.9 Å². The molecule has 158 valence electrons. The Morgan fingerprint density at radius 2 is 1.43 bits per heavy atom. The van der Waals surface area contributed by atoms with Crippen molar-refractivity contribution in [3.8, 4) is 22.7 Å². The van der Waals surface area contributed by atoms with Crippen LogP contribution in [-0.4, -0.2) is 26.0 Å². The molecule has 3 aromatic rings. The molecule has 0 amide bonds. The number of carbonyl (C=O) groups is 1. The highest BCUT2D eigenvalue weighted by atomic mass is 19.1. The van der Waals surface area contributed by atoms with Gasteiger partial charge < -0.3 is 10.2 Å². The summed E-state index contributed by atoms with van der Waals surface area (Å²) in [7, 11) is 0. The molecule has 0 bridgehead atoms. The number of aromatic carboxylic acids is 1. The van der Waals surface area contributed by atoms with Crippen LogP contribution in [0.4, 0.5) is 4.39 Å². The largest absolute Gasteiger partial charge is 0.507 e. The summed E-state index contributed by atoms with van der Waals surface area (Å²) in [6, 6.07) is 10.9.